The summed E-state index contributed by atoms with van der Waals surface area (Å²) < 4.78 is 29.9. The lowest BCUT2D eigenvalue weighted by molar-refractivity contribution is -0.125. The van der Waals surface area contributed by atoms with E-state index in [1.807, 2.05) is 54.6 Å². The zero-order chi connectivity index (χ0) is 24.3. The van der Waals surface area contributed by atoms with Crippen LogP contribution in [0.1, 0.15) is 11.1 Å². The number of thiophene rings is 1. The number of hydrogen-bond donors (Lipinski definition) is 1. The maximum Gasteiger partial charge on any atom is 0.253 e. The Morgan fingerprint density at radius 2 is 1.83 bits per heavy atom. The molecule has 4 aromatic rings. The van der Waals surface area contributed by atoms with Crippen molar-refractivity contribution in [2.24, 2.45) is 0 Å². The Kier molecular flexibility index (Phi) is 6.95. The minimum Gasteiger partial charge on any atom is -0.354 e. The Bertz CT molecular complexity index is 1410. The van der Waals surface area contributed by atoms with E-state index in [1.54, 1.807) is 22.2 Å². The molecule has 1 atom stereocenters. The highest BCUT2D eigenvalue weighted by atomic mass is 32.2. The number of thioether (sulfide) groups is 1. The van der Waals surface area contributed by atoms with Crippen molar-refractivity contribution in [3.63, 3.8) is 0 Å². The monoisotopic (exact) mass is 526 g/mol. The Morgan fingerprint density at radius 1 is 1.06 bits per heavy atom. The van der Waals surface area contributed by atoms with E-state index in [2.05, 4.69) is 20.8 Å². The van der Waals surface area contributed by atoms with E-state index in [1.165, 1.54) is 16.1 Å². The fourth-order valence-corrected chi connectivity index (χ4v) is 7.37. The Hall–Kier alpha value is -3.06. The van der Waals surface area contributed by atoms with Crippen LogP contribution in [0.3, 0.4) is 0 Å². The van der Waals surface area contributed by atoms with Crippen LogP contribution in [-0.4, -0.2) is 57.2 Å². The molecular weight excluding hydrogens is 504 g/mol. The Morgan fingerprint density at radius 3 is 2.60 bits per heavy atom. The van der Waals surface area contributed by atoms with E-state index >= 15 is 0 Å². The van der Waals surface area contributed by atoms with Crippen molar-refractivity contribution in [1.82, 2.24) is 29.8 Å². The van der Waals surface area contributed by atoms with Gasteiger partial charge in [-0.05, 0) is 51.6 Å². The predicted octanol–water partition coefficient (Wildman–Crippen LogP) is 2.75. The fourth-order valence-electron chi connectivity index (χ4n) is 3.94. The van der Waals surface area contributed by atoms with Gasteiger partial charge in [-0.15, -0.1) is 16.4 Å². The van der Waals surface area contributed by atoms with Crippen LogP contribution in [0.15, 0.2) is 81.5 Å². The maximum atomic E-state index is 13.4. The number of fused-ring (bicyclic) bond motifs is 1. The molecule has 1 amide bonds. The molecule has 180 valence electrons. The number of nitrogens with zero attached hydrogens (tertiary/aromatic N) is 5. The molecule has 9 nitrogen and oxygen atoms in total. The highest BCUT2D eigenvalue weighted by Gasteiger charge is 2.39. The molecule has 0 bridgehead atoms. The molecule has 0 aliphatic carbocycles. The van der Waals surface area contributed by atoms with Crippen molar-refractivity contribution in [1.29, 1.82) is 0 Å². The fraction of sp³-hybridized carbons (Fsp3) is 0.217. The Balaban J connectivity index is 1.27. The second-order valence-electron chi connectivity index (χ2n) is 7.82. The molecule has 0 saturated carbocycles. The third-order valence-corrected chi connectivity index (χ3v) is 9.79. The molecule has 1 N–H and O–H groups in total. The third kappa shape index (κ3) is 5.01. The van der Waals surface area contributed by atoms with Gasteiger partial charge in [0.05, 0.1) is 5.69 Å². The second-order valence-corrected chi connectivity index (χ2v) is 11.9. The van der Waals surface area contributed by atoms with Crippen molar-refractivity contribution in [2.45, 2.75) is 28.4 Å². The zero-order valence-electron chi connectivity index (χ0n) is 18.5. The minimum atomic E-state index is -3.80. The average molecular weight is 527 g/mol. The number of sulfonamides is 1. The molecule has 35 heavy (non-hydrogen) atoms. The SMILES string of the molecule is O=C(NCCSc1nnnn1-c1ccccc1)C1Cc2ccccc2CN1S(=O)(=O)c1cccs1. The lowest BCUT2D eigenvalue weighted by Crippen LogP contribution is -2.52. The largest absolute Gasteiger partial charge is 0.354 e. The van der Waals surface area contributed by atoms with Gasteiger partial charge < -0.3 is 5.32 Å². The molecule has 1 unspecified atom stereocenters. The zero-order valence-corrected chi connectivity index (χ0v) is 21.0. The molecular formula is C23H22N6O3S3. The molecule has 1 aliphatic heterocycles. The normalized spacial score (nSPS) is 16.1. The Labute approximate surface area is 211 Å². The summed E-state index contributed by atoms with van der Waals surface area (Å²) in [7, 11) is -3.80. The minimum absolute atomic E-state index is 0.162. The topological polar surface area (TPSA) is 110 Å². The molecule has 5 rings (SSSR count). The molecule has 2 aromatic heterocycles. The first-order valence-electron chi connectivity index (χ1n) is 10.9. The summed E-state index contributed by atoms with van der Waals surface area (Å²) in [6.07, 6.45) is 0.325. The predicted molar refractivity (Wildman–Crippen MR) is 134 cm³/mol. The maximum absolute atomic E-state index is 13.4. The van der Waals surface area contributed by atoms with Gasteiger partial charge in [-0.1, -0.05) is 60.3 Å². The van der Waals surface area contributed by atoms with Crippen molar-refractivity contribution >= 4 is 39.0 Å². The van der Waals surface area contributed by atoms with E-state index in [0.29, 0.717) is 23.9 Å². The van der Waals surface area contributed by atoms with Crippen LogP contribution in [-0.2, 0) is 27.8 Å². The van der Waals surface area contributed by atoms with Crippen LogP contribution in [0.5, 0.6) is 0 Å². The first-order chi connectivity index (χ1) is 17.0. The number of carbonyl (C=O) groups is 1. The van der Waals surface area contributed by atoms with Gasteiger partial charge in [0.25, 0.3) is 10.0 Å². The smallest absolute Gasteiger partial charge is 0.253 e. The molecule has 3 heterocycles. The van der Waals surface area contributed by atoms with Crippen molar-refractivity contribution in [2.75, 3.05) is 12.3 Å². The van der Waals surface area contributed by atoms with Gasteiger partial charge in [-0.2, -0.15) is 8.99 Å². The number of hydrogen-bond acceptors (Lipinski definition) is 8. The van der Waals surface area contributed by atoms with Gasteiger partial charge >= 0.3 is 0 Å². The molecule has 0 saturated heterocycles. The molecule has 2 aromatic carbocycles. The summed E-state index contributed by atoms with van der Waals surface area (Å²) in [4.78, 5) is 13.2. The van der Waals surface area contributed by atoms with Gasteiger partial charge in [0, 0.05) is 18.8 Å². The van der Waals surface area contributed by atoms with Crippen LogP contribution in [0.4, 0.5) is 0 Å². The van der Waals surface area contributed by atoms with Crippen LogP contribution >= 0.6 is 23.1 Å². The first-order valence-corrected chi connectivity index (χ1v) is 14.2. The number of rotatable bonds is 8. The van der Waals surface area contributed by atoms with E-state index in [0.717, 1.165) is 28.2 Å². The van der Waals surface area contributed by atoms with Crippen molar-refractivity contribution in [3.05, 3.63) is 83.2 Å². The average Bonchev–Trinajstić information content (AvgIpc) is 3.59. The highest BCUT2D eigenvalue weighted by molar-refractivity contribution is 7.99. The summed E-state index contributed by atoms with van der Waals surface area (Å²) in [5.41, 5.74) is 2.75. The van der Waals surface area contributed by atoms with Crippen molar-refractivity contribution < 1.29 is 13.2 Å². The van der Waals surface area contributed by atoms with Gasteiger partial charge in [-0.25, -0.2) is 8.42 Å². The number of tetrazole rings is 1. The number of nitrogens with one attached hydrogen (secondary N) is 1. The van der Waals surface area contributed by atoms with Crippen molar-refractivity contribution in [3.8, 4) is 5.69 Å². The van der Waals surface area contributed by atoms with Gasteiger partial charge in [0.15, 0.2) is 0 Å². The second kappa shape index (κ2) is 10.3. The van der Waals surface area contributed by atoms with E-state index in [4.69, 9.17) is 0 Å². The molecule has 12 heteroatoms. The summed E-state index contributed by atoms with van der Waals surface area (Å²) in [5, 5.41) is 17.1. The summed E-state index contributed by atoms with van der Waals surface area (Å²) in [6, 6.07) is 19.6. The van der Waals surface area contributed by atoms with E-state index in [-0.39, 0.29) is 16.7 Å². The van der Waals surface area contributed by atoms with Crippen LogP contribution in [0, 0.1) is 0 Å². The molecule has 1 aliphatic rings. The lowest BCUT2D eigenvalue weighted by atomic mass is 9.95. The number of carbonyl (C=O) groups excluding carboxylic acids is 1. The number of benzene rings is 2. The molecule has 0 fully saturated rings. The lowest BCUT2D eigenvalue weighted by Gasteiger charge is -2.34. The summed E-state index contributed by atoms with van der Waals surface area (Å²) >= 11 is 2.56. The summed E-state index contributed by atoms with van der Waals surface area (Å²) in [6.45, 7) is 0.505. The van der Waals surface area contributed by atoms with Gasteiger partial charge in [0.2, 0.25) is 11.1 Å². The van der Waals surface area contributed by atoms with Crippen LogP contribution in [0.2, 0.25) is 0 Å². The molecule has 0 spiro atoms. The number of aromatic nitrogens is 4. The number of amides is 1. The summed E-state index contributed by atoms with van der Waals surface area (Å²) in [5.74, 6) is 0.211. The highest BCUT2D eigenvalue weighted by Crippen LogP contribution is 2.31. The quantitative estimate of drug-likeness (QED) is 0.278. The van der Waals surface area contributed by atoms with Crippen LogP contribution < -0.4 is 5.32 Å². The third-order valence-electron chi connectivity index (χ3n) is 5.64. The van der Waals surface area contributed by atoms with Crippen LogP contribution in [0.25, 0.3) is 5.69 Å². The molecule has 0 radical (unpaired) electrons. The van der Waals surface area contributed by atoms with Gasteiger partial charge in [0.1, 0.15) is 10.3 Å². The first kappa shape index (κ1) is 23.7. The number of para-hydroxylation sites is 1. The van der Waals surface area contributed by atoms with E-state index < -0.39 is 16.1 Å². The standard InChI is InChI=1S/C23H22N6O3S3/c30-22(24-12-14-34-23-25-26-27-29(23)19-9-2-1-3-10-19)20-15-17-7-4-5-8-18(17)16-28(20)35(31,32)21-11-6-13-33-21/h1-11,13,20H,12,14-16H2,(H,24,30). The van der Waals surface area contributed by atoms with E-state index in [9.17, 15) is 13.2 Å². The van der Waals surface area contributed by atoms with Gasteiger partial charge in [-0.3, -0.25) is 4.79 Å².